The van der Waals surface area contributed by atoms with Crippen molar-refractivity contribution in [2.75, 3.05) is 5.32 Å². The fourth-order valence-corrected chi connectivity index (χ4v) is 2.58. The predicted molar refractivity (Wildman–Crippen MR) is 87.6 cm³/mol. The van der Waals surface area contributed by atoms with Crippen LogP contribution in [0.15, 0.2) is 36.5 Å². The molecule has 25 heavy (non-hydrogen) atoms. The lowest BCUT2D eigenvalue weighted by Crippen LogP contribution is -2.40. The predicted octanol–water partition coefficient (Wildman–Crippen LogP) is 2.18. The zero-order valence-corrected chi connectivity index (χ0v) is 13.6. The summed E-state index contributed by atoms with van der Waals surface area (Å²) in [5.74, 6) is -2.06. The van der Waals surface area contributed by atoms with E-state index in [0.717, 1.165) is 0 Å². The van der Waals surface area contributed by atoms with Crippen LogP contribution < -0.4 is 16.0 Å². The molecule has 1 aromatic carbocycles. The summed E-state index contributed by atoms with van der Waals surface area (Å²) >= 11 is 5.56. The molecule has 0 bridgehead atoms. The van der Waals surface area contributed by atoms with Gasteiger partial charge < -0.3 is 10.6 Å². The summed E-state index contributed by atoms with van der Waals surface area (Å²) in [4.78, 5) is 38.9. The molecule has 2 aromatic rings. The molecule has 0 spiro atoms. The molecule has 1 fully saturated rings. The first-order valence-corrected chi connectivity index (χ1v) is 7.54. The Kier molecular flexibility index (Phi) is 4.13. The zero-order chi connectivity index (χ0) is 18.2. The van der Waals surface area contributed by atoms with Crippen LogP contribution in [0, 0.1) is 5.82 Å². The van der Waals surface area contributed by atoms with Gasteiger partial charge in [-0.05, 0) is 30.7 Å². The van der Waals surface area contributed by atoms with Crippen LogP contribution in [0.3, 0.4) is 0 Å². The van der Waals surface area contributed by atoms with Gasteiger partial charge in [0.25, 0.3) is 11.8 Å². The summed E-state index contributed by atoms with van der Waals surface area (Å²) in [6.45, 7) is 1.56. The van der Waals surface area contributed by atoms with Gasteiger partial charge in [0.1, 0.15) is 5.54 Å². The number of carbonyl (C=O) groups excluding carboxylic acids is 3. The molecule has 0 saturated carbocycles. The first-order valence-electron chi connectivity index (χ1n) is 7.17. The van der Waals surface area contributed by atoms with Gasteiger partial charge in [-0.1, -0.05) is 23.7 Å². The van der Waals surface area contributed by atoms with Crippen molar-refractivity contribution in [1.29, 1.82) is 0 Å². The third kappa shape index (κ3) is 3.03. The maximum absolute atomic E-state index is 13.8. The summed E-state index contributed by atoms with van der Waals surface area (Å²) in [7, 11) is 0. The molecule has 4 amide bonds. The van der Waals surface area contributed by atoms with E-state index in [1.165, 1.54) is 24.4 Å². The Balaban J connectivity index is 1.79. The number of amides is 4. The molecule has 1 saturated heterocycles. The summed E-state index contributed by atoms with van der Waals surface area (Å²) < 4.78 is 13.8. The van der Waals surface area contributed by atoms with Crippen molar-refractivity contribution in [1.82, 2.24) is 15.6 Å². The number of benzene rings is 1. The number of urea groups is 1. The van der Waals surface area contributed by atoms with Crippen molar-refractivity contribution >= 4 is 35.1 Å². The van der Waals surface area contributed by atoms with Gasteiger partial charge in [-0.15, -0.1) is 0 Å². The zero-order valence-electron chi connectivity index (χ0n) is 12.9. The van der Waals surface area contributed by atoms with Gasteiger partial charge in [-0.2, -0.15) is 0 Å². The molecule has 2 heterocycles. The van der Waals surface area contributed by atoms with E-state index in [1.807, 2.05) is 0 Å². The molecule has 3 N–H and O–H groups in total. The molecule has 1 atom stereocenters. The highest BCUT2D eigenvalue weighted by molar-refractivity contribution is 6.30. The number of nitrogens with zero attached hydrogens (tertiary/aromatic N) is 1. The van der Waals surface area contributed by atoms with Gasteiger partial charge in [-0.3, -0.25) is 14.9 Å². The number of carbonyl (C=O) groups is 3. The van der Waals surface area contributed by atoms with E-state index in [9.17, 15) is 18.8 Å². The highest BCUT2D eigenvalue weighted by Crippen LogP contribution is 2.26. The number of halogens is 2. The first kappa shape index (κ1) is 16.8. The lowest BCUT2D eigenvalue weighted by molar-refractivity contribution is -0.123. The van der Waals surface area contributed by atoms with Crippen molar-refractivity contribution in [3.8, 4) is 0 Å². The van der Waals surface area contributed by atoms with Crippen LogP contribution >= 0.6 is 11.6 Å². The molecular weight excluding hydrogens is 351 g/mol. The fourth-order valence-electron chi connectivity index (χ4n) is 2.43. The Morgan fingerprint density at radius 3 is 2.52 bits per heavy atom. The topological polar surface area (TPSA) is 100 Å². The quantitative estimate of drug-likeness (QED) is 0.575. The third-order valence-electron chi connectivity index (χ3n) is 3.86. The largest absolute Gasteiger partial charge is 0.322 e. The number of imide groups is 1. The summed E-state index contributed by atoms with van der Waals surface area (Å²) in [5, 5.41) is 6.84. The molecule has 7 nitrogen and oxygen atoms in total. The lowest BCUT2D eigenvalue weighted by atomic mass is 9.92. The van der Waals surface area contributed by atoms with Crippen LogP contribution in [0.1, 0.15) is 22.8 Å². The van der Waals surface area contributed by atoms with Gasteiger partial charge in [0.15, 0.2) is 11.0 Å². The summed E-state index contributed by atoms with van der Waals surface area (Å²) in [6.07, 6.45) is 1.23. The minimum Gasteiger partial charge on any atom is -0.322 e. The van der Waals surface area contributed by atoms with E-state index >= 15 is 0 Å². The van der Waals surface area contributed by atoms with Crippen LogP contribution in [-0.4, -0.2) is 22.8 Å². The Hall–Kier alpha value is -3.00. The second-order valence-corrected chi connectivity index (χ2v) is 5.89. The van der Waals surface area contributed by atoms with Crippen LogP contribution in [0.25, 0.3) is 0 Å². The Bertz CT molecular complexity index is 887. The smallest absolute Gasteiger partial charge is 0.322 e. The lowest BCUT2D eigenvalue weighted by Gasteiger charge is -2.21. The maximum Gasteiger partial charge on any atom is 0.322 e. The second kappa shape index (κ2) is 6.14. The van der Waals surface area contributed by atoms with E-state index in [4.69, 9.17) is 11.6 Å². The number of aromatic nitrogens is 1. The molecule has 9 heteroatoms. The third-order valence-corrected chi connectivity index (χ3v) is 4.12. The average Bonchev–Trinajstić information content (AvgIpc) is 2.84. The molecule has 1 aromatic heterocycles. The Labute approximate surface area is 146 Å². The molecule has 3 rings (SSSR count). The van der Waals surface area contributed by atoms with Gasteiger partial charge in [0, 0.05) is 11.9 Å². The number of nitrogens with one attached hydrogen (secondary N) is 3. The first-order chi connectivity index (χ1) is 11.8. The SMILES string of the molecule is C[C@@]1(c2ccc(NC(=O)c3ccnc(Cl)c3F)cc2)NC(=O)NC1=O. The molecule has 0 radical (unpaired) electrons. The Morgan fingerprint density at radius 2 is 1.92 bits per heavy atom. The van der Waals surface area contributed by atoms with E-state index in [2.05, 4.69) is 20.9 Å². The maximum atomic E-state index is 13.8. The minimum absolute atomic E-state index is 0.238. The van der Waals surface area contributed by atoms with Gasteiger partial charge in [0.2, 0.25) is 0 Å². The summed E-state index contributed by atoms with van der Waals surface area (Å²) in [5.41, 5.74) is -0.510. The Morgan fingerprint density at radius 1 is 1.24 bits per heavy atom. The second-order valence-electron chi connectivity index (χ2n) is 5.53. The van der Waals surface area contributed by atoms with Crippen molar-refractivity contribution in [3.05, 3.63) is 58.6 Å². The highest BCUT2D eigenvalue weighted by atomic mass is 35.5. The van der Waals surface area contributed by atoms with E-state index in [-0.39, 0.29) is 10.7 Å². The van der Waals surface area contributed by atoms with Crippen LogP contribution in [0.2, 0.25) is 5.15 Å². The van der Waals surface area contributed by atoms with Crippen molar-refractivity contribution in [2.45, 2.75) is 12.5 Å². The fraction of sp³-hybridized carbons (Fsp3) is 0.125. The normalized spacial score (nSPS) is 19.3. The number of hydrogen-bond donors (Lipinski definition) is 3. The molecule has 1 aliphatic heterocycles. The average molecular weight is 363 g/mol. The molecule has 1 aliphatic rings. The standard InChI is InChI=1S/C16H12ClFN4O3/c1-16(14(24)21-15(25)22-16)8-2-4-9(5-3-8)20-13(23)10-6-7-19-12(17)11(10)18/h2-7H,1H3,(H,20,23)(H2,21,22,24,25)/t16-/m0/s1. The van der Waals surface area contributed by atoms with Crippen molar-refractivity contribution in [3.63, 3.8) is 0 Å². The van der Waals surface area contributed by atoms with Crippen LogP contribution in [0.5, 0.6) is 0 Å². The molecule has 128 valence electrons. The van der Waals surface area contributed by atoms with Crippen molar-refractivity contribution < 1.29 is 18.8 Å². The monoisotopic (exact) mass is 362 g/mol. The van der Waals surface area contributed by atoms with Gasteiger partial charge in [-0.25, -0.2) is 14.2 Å². The molecule has 0 aliphatic carbocycles. The number of pyridine rings is 1. The summed E-state index contributed by atoms with van der Waals surface area (Å²) in [6, 6.07) is 6.88. The number of rotatable bonds is 3. The van der Waals surface area contributed by atoms with Gasteiger partial charge >= 0.3 is 6.03 Å². The molecular formula is C16H12ClFN4O3. The molecule has 0 unspecified atom stereocenters. The van der Waals surface area contributed by atoms with Gasteiger partial charge in [0.05, 0.1) is 5.56 Å². The number of anilines is 1. The highest BCUT2D eigenvalue weighted by Gasteiger charge is 2.43. The van der Waals surface area contributed by atoms with Crippen LogP contribution in [0.4, 0.5) is 14.9 Å². The van der Waals surface area contributed by atoms with Crippen molar-refractivity contribution in [2.24, 2.45) is 0 Å². The van der Waals surface area contributed by atoms with Crippen LogP contribution in [-0.2, 0) is 10.3 Å². The minimum atomic E-state index is -1.19. The van der Waals surface area contributed by atoms with E-state index in [1.54, 1.807) is 19.1 Å². The van der Waals surface area contributed by atoms with E-state index in [0.29, 0.717) is 11.3 Å². The van der Waals surface area contributed by atoms with E-state index < -0.39 is 29.2 Å². The number of hydrogen-bond acceptors (Lipinski definition) is 4.